The van der Waals surface area contributed by atoms with E-state index in [-0.39, 0.29) is 11.3 Å². The number of nitrogens with one attached hydrogen (secondary N) is 1. The Morgan fingerprint density at radius 3 is 2.30 bits per heavy atom. The lowest BCUT2D eigenvalue weighted by Gasteiger charge is -2.36. The maximum absolute atomic E-state index is 12.4. The number of amides is 1. The molecule has 142 valence electrons. The molecule has 4 rings (SSSR count). The number of benzene rings is 2. The number of piperazine rings is 1. The monoisotopic (exact) mass is 365 g/mol. The van der Waals surface area contributed by atoms with E-state index in [1.807, 2.05) is 24.3 Å². The van der Waals surface area contributed by atoms with Gasteiger partial charge < -0.3 is 15.3 Å². The number of carbonyl (C=O) groups is 1. The van der Waals surface area contributed by atoms with Crippen LogP contribution >= 0.6 is 0 Å². The lowest BCUT2D eigenvalue weighted by molar-refractivity contribution is -0.122. The number of rotatable bonds is 6. The molecule has 2 aromatic rings. The predicted octanol–water partition coefficient (Wildman–Crippen LogP) is 2.36. The van der Waals surface area contributed by atoms with Crippen LogP contribution in [0, 0.1) is 0 Å². The predicted molar refractivity (Wildman–Crippen MR) is 107 cm³/mol. The molecule has 5 heteroatoms. The molecule has 0 bridgehead atoms. The van der Waals surface area contributed by atoms with E-state index in [0.29, 0.717) is 12.3 Å². The SMILES string of the molecule is O=C(CN1CCN(c2ccccc2O)CC1)NCC1(c2ccccc2)CC1. The van der Waals surface area contributed by atoms with Crippen LogP contribution in [-0.2, 0) is 10.2 Å². The topological polar surface area (TPSA) is 55.8 Å². The maximum atomic E-state index is 12.4. The molecule has 0 atom stereocenters. The molecule has 1 saturated carbocycles. The van der Waals surface area contributed by atoms with E-state index in [4.69, 9.17) is 0 Å². The summed E-state index contributed by atoms with van der Waals surface area (Å²) in [5.41, 5.74) is 2.36. The zero-order valence-electron chi connectivity index (χ0n) is 15.6. The molecule has 5 nitrogen and oxygen atoms in total. The largest absolute Gasteiger partial charge is 0.506 e. The fourth-order valence-corrected chi connectivity index (χ4v) is 3.92. The van der Waals surface area contributed by atoms with Crippen LogP contribution in [0.5, 0.6) is 5.75 Å². The first-order valence-electron chi connectivity index (χ1n) is 9.74. The summed E-state index contributed by atoms with van der Waals surface area (Å²) in [5, 5.41) is 13.1. The Labute approximate surface area is 160 Å². The zero-order valence-corrected chi connectivity index (χ0v) is 15.6. The van der Waals surface area contributed by atoms with Gasteiger partial charge in [0.05, 0.1) is 12.2 Å². The van der Waals surface area contributed by atoms with Gasteiger partial charge in [0.2, 0.25) is 5.91 Å². The van der Waals surface area contributed by atoms with E-state index in [0.717, 1.165) is 51.3 Å². The van der Waals surface area contributed by atoms with Gasteiger partial charge in [0, 0.05) is 38.1 Å². The summed E-state index contributed by atoms with van der Waals surface area (Å²) < 4.78 is 0. The maximum Gasteiger partial charge on any atom is 0.234 e. The molecule has 0 radical (unpaired) electrons. The summed E-state index contributed by atoms with van der Waals surface area (Å²) in [5.74, 6) is 0.424. The highest BCUT2D eigenvalue weighted by Crippen LogP contribution is 2.47. The fraction of sp³-hybridized carbons (Fsp3) is 0.409. The van der Waals surface area contributed by atoms with E-state index >= 15 is 0 Å². The number of aromatic hydroxyl groups is 1. The molecule has 0 unspecified atom stereocenters. The van der Waals surface area contributed by atoms with Crippen molar-refractivity contribution in [3.63, 3.8) is 0 Å². The van der Waals surface area contributed by atoms with E-state index in [9.17, 15) is 9.90 Å². The molecule has 1 aliphatic carbocycles. The highest BCUT2D eigenvalue weighted by Gasteiger charge is 2.44. The van der Waals surface area contributed by atoms with Crippen molar-refractivity contribution in [3.05, 3.63) is 60.2 Å². The van der Waals surface area contributed by atoms with Crippen LogP contribution in [0.2, 0.25) is 0 Å². The van der Waals surface area contributed by atoms with Crippen LogP contribution in [0.1, 0.15) is 18.4 Å². The minimum Gasteiger partial charge on any atom is -0.506 e. The van der Waals surface area contributed by atoms with Crippen molar-refractivity contribution < 1.29 is 9.90 Å². The van der Waals surface area contributed by atoms with Gasteiger partial charge in [0.15, 0.2) is 0 Å². The number of carbonyl (C=O) groups excluding carboxylic acids is 1. The minimum atomic E-state index is 0.105. The van der Waals surface area contributed by atoms with Gasteiger partial charge in [-0.1, -0.05) is 42.5 Å². The van der Waals surface area contributed by atoms with Gasteiger partial charge >= 0.3 is 0 Å². The van der Waals surface area contributed by atoms with Crippen molar-refractivity contribution in [2.75, 3.05) is 44.2 Å². The van der Waals surface area contributed by atoms with Gasteiger partial charge in [-0.3, -0.25) is 9.69 Å². The minimum absolute atomic E-state index is 0.105. The Morgan fingerprint density at radius 2 is 1.63 bits per heavy atom. The third-order valence-electron chi connectivity index (χ3n) is 5.83. The number of hydrogen-bond acceptors (Lipinski definition) is 4. The summed E-state index contributed by atoms with van der Waals surface area (Å²) in [7, 11) is 0. The number of anilines is 1. The van der Waals surface area contributed by atoms with Crippen molar-refractivity contribution >= 4 is 11.6 Å². The average Bonchev–Trinajstić information content (AvgIpc) is 3.50. The van der Waals surface area contributed by atoms with Gasteiger partial charge in [0.1, 0.15) is 5.75 Å². The number of nitrogens with zero attached hydrogens (tertiary/aromatic N) is 2. The summed E-state index contributed by atoms with van der Waals surface area (Å²) in [6.45, 7) is 4.46. The van der Waals surface area contributed by atoms with Gasteiger partial charge in [-0.05, 0) is 30.5 Å². The third-order valence-corrected chi connectivity index (χ3v) is 5.83. The Morgan fingerprint density at radius 1 is 0.963 bits per heavy atom. The van der Waals surface area contributed by atoms with Gasteiger partial charge in [-0.15, -0.1) is 0 Å². The van der Waals surface area contributed by atoms with Crippen LogP contribution < -0.4 is 10.2 Å². The molecule has 1 saturated heterocycles. The number of phenols is 1. The summed E-state index contributed by atoms with van der Waals surface area (Å²) in [4.78, 5) is 16.8. The summed E-state index contributed by atoms with van der Waals surface area (Å²) in [6, 6.07) is 17.9. The van der Waals surface area contributed by atoms with Crippen LogP contribution in [0.15, 0.2) is 54.6 Å². The lowest BCUT2D eigenvalue weighted by Crippen LogP contribution is -2.50. The number of phenolic OH excluding ortho intramolecular Hbond substituents is 1. The second-order valence-electron chi connectivity index (χ2n) is 7.67. The quantitative estimate of drug-likeness (QED) is 0.825. The number of para-hydroxylation sites is 2. The first-order chi connectivity index (χ1) is 13.2. The zero-order chi connectivity index (χ0) is 18.7. The lowest BCUT2D eigenvalue weighted by atomic mass is 9.96. The van der Waals surface area contributed by atoms with Crippen molar-refractivity contribution in [2.45, 2.75) is 18.3 Å². The van der Waals surface area contributed by atoms with Crippen LogP contribution in [-0.4, -0.2) is 55.2 Å². The number of hydrogen-bond donors (Lipinski definition) is 2. The third kappa shape index (κ3) is 4.08. The first kappa shape index (κ1) is 17.9. The molecular formula is C22H27N3O2. The van der Waals surface area contributed by atoms with Gasteiger partial charge in [-0.25, -0.2) is 0 Å². The molecule has 2 aliphatic rings. The smallest absolute Gasteiger partial charge is 0.234 e. The Hall–Kier alpha value is -2.53. The molecule has 1 heterocycles. The first-order valence-corrected chi connectivity index (χ1v) is 9.74. The molecule has 1 aliphatic heterocycles. The normalized spacial score (nSPS) is 18.9. The van der Waals surface area contributed by atoms with E-state index in [2.05, 4.69) is 39.4 Å². The van der Waals surface area contributed by atoms with Crippen LogP contribution in [0.4, 0.5) is 5.69 Å². The van der Waals surface area contributed by atoms with Gasteiger partial charge in [-0.2, -0.15) is 0 Å². The Kier molecular flexibility index (Phi) is 5.03. The van der Waals surface area contributed by atoms with Crippen molar-refractivity contribution in [2.24, 2.45) is 0 Å². The van der Waals surface area contributed by atoms with Crippen molar-refractivity contribution in [1.82, 2.24) is 10.2 Å². The molecule has 0 aromatic heterocycles. The molecule has 27 heavy (non-hydrogen) atoms. The Balaban J connectivity index is 1.24. The van der Waals surface area contributed by atoms with Crippen LogP contribution in [0.3, 0.4) is 0 Å². The molecule has 0 spiro atoms. The molecule has 2 fully saturated rings. The van der Waals surface area contributed by atoms with E-state index in [1.165, 1.54) is 5.56 Å². The van der Waals surface area contributed by atoms with Crippen LogP contribution in [0.25, 0.3) is 0 Å². The molecule has 2 N–H and O–H groups in total. The second-order valence-corrected chi connectivity index (χ2v) is 7.67. The van der Waals surface area contributed by atoms with Crippen molar-refractivity contribution in [1.29, 1.82) is 0 Å². The van der Waals surface area contributed by atoms with Gasteiger partial charge in [0.25, 0.3) is 0 Å². The highest BCUT2D eigenvalue weighted by molar-refractivity contribution is 5.78. The fourth-order valence-electron chi connectivity index (χ4n) is 3.92. The molecule has 1 amide bonds. The second kappa shape index (κ2) is 7.61. The standard InChI is InChI=1S/C22H27N3O2/c26-20-9-5-4-8-19(20)25-14-12-24(13-15-25)16-21(27)23-17-22(10-11-22)18-6-2-1-3-7-18/h1-9,26H,10-17H2,(H,23,27). The van der Waals surface area contributed by atoms with E-state index in [1.54, 1.807) is 6.07 Å². The Bertz CT molecular complexity index is 781. The summed E-state index contributed by atoms with van der Waals surface area (Å²) >= 11 is 0. The van der Waals surface area contributed by atoms with Crippen molar-refractivity contribution in [3.8, 4) is 5.75 Å². The highest BCUT2D eigenvalue weighted by atomic mass is 16.3. The molecular weight excluding hydrogens is 338 g/mol. The summed E-state index contributed by atoms with van der Waals surface area (Å²) in [6.07, 6.45) is 2.30. The van der Waals surface area contributed by atoms with E-state index < -0.39 is 0 Å². The average molecular weight is 365 g/mol. The molecule has 2 aromatic carbocycles.